The Labute approximate surface area is 127 Å². The molecule has 0 N–H and O–H groups in total. The summed E-state index contributed by atoms with van der Waals surface area (Å²) in [6.45, 7) is 8.68. The maximum absolute atomic E-state index is 12.2. The Balaban J connectivity index is 2.28. The van der Waals surface area contributed by atoms with Crippen LogP contribution < -0.4 is 4.74 Å². The van der Waals surface area contributed by atoms with Gasteiger partial charge in [0.2, 0.25) is 0 Å². The summed E-state index contributed by atoms with van der Waals surface area (Å²) >= 11 is 0. The number of carbonyl (C=O) groups is 1. The van der Waals surface area contributed by atoms with Gasteiger partial charge in [-0.25, -0.2) is 0 Å². The molecule has 1 aromatic rings. The van der Waals surface area contributed by atoms with E-state index >= 15 is 0 Å². The van der Waals surface area contributed by atoms with Crippen LogP contribution in [-0.2, 0) is 11.2 Å². The molecular formula is C18H23NO2. The van der Waals surface area contributed by atoms with Crippen LogP contribution in [0.4, 0.5) is 0 Å². The molecule has 0 unspecified atom stereocenters. The molecule has 0 saturated heterocycles. The highest BCUT2D eigenvalue weighted by Crippen LogP contribution is 2.34. The van der Waals surface area contributed by atoms with E-state index in [1.165, 1.54) is 11.1 Å². The van der Waals surface area contributed by atoms with E-state index in [4.69, 9.17) is 4.74 Å². The van der Waals surface area contributed by atoms with Gasteiger partial charge in [-0.1, -0.05) is 18.9 Å². The molecule has 0 aliphatic carbocycles. The van der Waals surface area contributed by atoms with Crippen molar-refractivity contribution in [3.8, 4) is 17.6 Å². The van der Waals surface area contributed by atoms with Crippen molar-refractivity contribution < 1.29 is 9.53 Å². The summed E-state index contributed by atoms with van der Waals surface area (Å²) in [5.41, 5.74) is 2.47. The van der Waals surface area contributed by atoms with Crippen LogP contribution in [-0.4, -0.2) is 23.5 Å². The van der Waals surface area contributed by atoms with Crippen LogP contribution in [0.2, 0.25) is 0 Å². The van der Waals surface area contributed by atoms with E-state index in [0.29, 0.717) is 0 Å². The van der Waals surface area contributed by atoms with Crippen LogP contribution in [0, 0.1) is 11.8 Å². The second-order valence-electron chi connectivity index (χ2n) is 5.53. The van der Waals surface area contributed by atoms with Gasteiger partial charge in [-0.05, 0) is 62.8 Å². The Kier molecular flexibility index (Phi) is 4.90. The zero-order chi connectivity index (χ0) is 15.4. The van der Waals surface area contributed by atoms with E-state index in [1.54, 1.807) is 6.92 Å². The number of rotatable bonds is 3. The third-order valence-electron chi connectivity index (χ3n) is 3.91. The van der Waals surface area contributed by atoms with Crippen LogP contribution in [0.3, 0.4) is 0 Å². The van der Waals surface area contributed by atoms with Gasteiger partial charge >= 0.3 is 0 Å². The normalized spacial score (nSPS) is 20.3. The number of benzene rings is 1. The predicted molar refractivity (Wildman–Crippen MR) is 84.1 cm³/mol. The van der Waals surface area contributed by atoms with E-state index in [0.717, 1.165) is 25.2 Å². The summed E-state index contributed by atoms with van der Waals surface area (Å²) in [7, 11) is 0. The summed E-state index contributed by atoms with van der Waals surface area (Å²) in [4.78, 5) is 14.0. The molecule has 0 radical (unpaired) electrons. The van der Waals surface area contributed by atoms with Crippen LogP contribution in [0.1, 0.15) is 51.3 Å². The van der Waals surface area contributed by atoms with Crippen LogP contribution in [0.25, 0.3) is 0 Å². The van der Waals surface area contributed by atoms with Crippen molar-refractivity contribution in [1.29, 1.82) is 0 Å². The minimum absolute atomic E-state index is 0.0531. The van der Waals surface area contributed by atoms with Crippen molar-refractivity contribution in [1.82, 2.24) is 4.90 Å². The van der Waals surface area contributed by atoms with Gasteiger partial charge < -0.3 is 9.64 Å². The molecule has 21 heavy (non-hydrogen) atoms. The number of ether oxygens (including phenoxy) is 1. The first kappa shape index (κ1) is 15.4. The Bertz CT molecular complexity index is 583. The van der Waals surface area contributed by atoms with Crippen molar-refractivity contribution in [3.05, 3.63) is 29.3 Å². The van der Waals surface area contributed by atoms with Gasteiger partial charge in [0.15, 0.2) is 0 Å². The van der Waals surface area contributed by atoms with Gasteiger partial charge in [-0.3, -0.25) is 4.79 Å². The summed E-state index contributed by atoms with van der Waals surface area (Å²) < 4.78 is 5.70. The SMILES string of the molecule is CC#CC(=O)N1[C@H](C)c2ccc(OCCC)cc2C[C@@H]1C. The quantitative estimate of drug-likeness (QED) is 0.797. The Morgan fingerprint density at radius 1 is 1.43 bits per heavy atom. The van der Waals surface area contributed by atoms with Gasteiger partial charge in [-0.2, -0.15) is 0 Å². The Hall–Kier alpha value is -1.95. The topological polar surface area (TPSA) is 29.5 Å². The molecule has 0 fully saturated rings. The van der Waals surface area contributed by atoms with Crippen LogP contribution in [0.15, 0.2) is 18.2 Å². The van der Waals surface area contributed by atoms with E-state index in [1.807, 2.05) is 11.0 Å². The molecule has 1 amide bonds. The van der Waals surface area contributed by atoms with E-state index in [2.05, 4.69) is 44.7 Å². The fourth-order valence-electron chi connectivity index (χ4n) is 2.97. The van der Waals surface area contributed by atoms with Crippen LogP contribution >= 0.6 is 0 Å². The highest BCUT2D eigenvalue weighted by molar-refractivity contribution is 5.94. The van der Waals surface area contributed by atoms with Gasteiger partial charge in [0, 0.05) is 6.04 Å². The van der Waals surface area contributed by atoms with Gasteiger partial charge in [0.25, 0.3) is 5.91 Å². The molecule has 1 heterocycles. The number of hydrogen-bond donors (Lipinski definition) is 0. The standard InChI is InChI=1S/C18H23NO2/c1-5-7-18(20)19-13(3)11-15-12-16(21-10-6-2)8-9-17(15)14(19)4/h8-9,12-14H,6,10-11H2,1-4H3/t13-,14+/m0/s1. The summed E-state index contributed by atoms with van der Waals surface area (Å²) in [5, 5.41) is 0. The maximum Gasteiger partial charge on any atom is 0.299 e. The minimum atomic E-state index is -0.0885. The molecule has 0 bridgehead atoms. The van der Waals surface area contributed by atoms with Gasteiger partial charge in [0.1, 0.15) is 5.75 Å². The first-order valence-corrected chi connectivity index (χ1v) is 7.59. The maximum atomic E-state index is 12.2. The lowest BCUT2D eigenvalue weighted by Gasteiger charge is -2.39. The van der Waals surface area contributed by atoms with Crippen molar-refractivity contribution in [2.45, 2.75) is 52.6 Å². The second kappa shape index (κ2) is 6.67. The Morgan fingerprint density at radius 3 is 2.86 bits per heavy atom. The summed E-state index contributed by atoms with van der Waals surface area (Å²) in [6.07, 6.45) is 1.85. The largest absolute Gasteiger partial charge is 0.494 e. The average Bonchev–Trinajstić information content (AvgIpc) is 2.45. The van der Waals surface area contributed by atoms with Crippen molar-refractivity contribution >= 4 is 5.91 Å². The zero-order valence-corrected chi connectivity index (χ0v) is 13.3. The summed E-state index contributed by atoms with van der Waals surface area (Å²) in [5.74, 6) is 6.19. The molecule has 0 aromatic heterocycles. The molecule has 112 valence electrons. The first-order valence-electron chi connectivity index (χ1n) is 7.59. The molecule has 0 saturated carbocycles. The lowest BCUT2D eigenvalue weighted by atomic mass is 9.89. The number of nitrogens with zero attached hydrogens (tertiary/aromatic N) is 1. The predicted octanol–water partition coefficient (Wildman–Crippen LogP) is 3.33. The molecule has 2 atom stereocenters. The van der Waals surface area contributed by atoms with Gasteiger partial charge in [-0.15, -0.1) is 0 Å². The smallest absolute Gasteiger partial charge is 0.299 e. The average molecular weight is 285 g/mol. The van der Waals surface area contributed by atoms with Crippen molar-refractivity contribution in [3.63, 3.8) is 0 Å². The highest BCUT2D eigenvalue weighted by atomic mass is 16.5. The van der Waals surface area contributed by atoms with Crippen LogP contribution in [0.5, 0.6) is 5.75 Å². The molecule has 3 nitrogen and oxygen atoms in total. The fraction of sp³-hybridized carbons (Fsp3) is 0.500. The molecule has 2 rings (SSSR count). The molecule has 3 heteroatoms. The summed E-state index contributed by atoms with van der Waals surface area (Å²) in [6, 6.07) is 6.40. The first-order chi connectivity index (χ1) is 10.1. The van der Waals surface area contributed by atoms with Gasteiger partial charge in [0.05, 0.1) is 12.6 Å². The number of hydrogen-bond acceptors (Lipinski definition) is 2. The monoisotopic (exact) mass is 285 g/mol. The third kappa shape index (κ3) is 3.21. The number of carbonyl (C=O) groups excluding carboxylic acids is 1. The van der Waals surface area contributed by atoms with E-state index < -0.39 is 0 Å². The van der Waals surface area contributed by atoms with E-state index in [9.17, 15) is 4.79 Å². The number of fused-ring (bicyclic) bond motifs is 1. The minimum Gasteiger partial charge on any atom is -0.494 e. The highest BCUT2D eigenvalue weighted by Gasteiger charge is 2.32. The fourth-order valence-corrected chi connectivity index (χ4v) is 2.97. The zero-order valence-electron chi connectivity index (χ0n) is 13.3. The molecular weight excluding hydrogens is 262 g/mol. The Morgan fingerprint density at radius 2 is 2.19 bits per heavy atom. The lowest BCUT2D eigenvalue weighted by molar-refractivity contribution is -0.129. The molecule has 1 aliphatic rings. The van der Waals surface area contributed by atoms with Crippen molar-refractivity contribution in [2.24, 2.45) is 0 Å². The lowest BCUT2D eigenvalue weighted by Crippen LogP contribution is -2.44. The molecule has 1 aliphatic heterocycles. The second-order valence-corrected chi connectivity index (χ2v) is 5.53. The van der Waals surface area contributed by atoms with E-state index in [-0.39, 0.29) is 18.0 Å². The van der Waals surface area contributed by atoms with Crippen molar-refractivity contribution in [2.75, 3.05) is 6.61 Å². The molecule has 0 spiro atoms. The number of amides is 1. The molecule has 1 aromatic carbocycles. The third-order valence-corrected chi connectivity index (χ3v) is 3.91.